The topological polar surface area (TPSA) is 43.4 Å². The van der Waals surface area contributed by atoms with Crippen LogP contribution >= 0.6 is 23.1 Å². The Labute approximate surface area is 114 Å². The molecule has 2 heterocycles. The molecule has 0 saturated heterocycles. The first-order valence-corrected chi connectivity index (χ1v) is 7.39. The first-order valence-electron chi connectivity index (χ1n) is 5.53. The highest BCUT2D eigenvalue weighted by molar-refractivity contribution is 8.02. The molecule has 1 aromatic rings. The molecule has 0 saturated carbocycles. The highest BCUT2D eigenvalue weighted by Gasteiger charge is 2.41. The third-order valence-electron chi connectivity index (χ3n) is 2.82. The third kappa shape index (κ3) is 2.52. The zero-order chi connectivity index (χ0) is 13.2. The van der Waals surface area contributed by atoms with Crippen molar-refractivity contribution >= 4 is 35.4 Å². The molecule has 0 aromatic carbocycles. The van der Waals surface area contributed by atoms with Gasteiger partial charge in [-0.25, -0.2) is 0 Å². The van der Waals surface area contributed by atoms with E-state index in [4.69, 9.17) is 4.74 Å². The summed E-state index contributed by atoms with van der Waals surface area (Å²) in [6.45, 7) is 2.02. The van der Waals surface area contributed by atoms with E-state index >= 15 is 0 Å². The average molecular weight is 282 g/mol. The standard InChI is InChI=1S/C13H14O3S2/c1-9-4-13(18-7-9,12(15)16-2)5-10-3-11(6-14)17-8-10/h3-4,6,8H,5,7H2,1-2H3. The molecule has 96 valence electrons. The molecular formula is C13H14O3S2. The molecule has 3 nitrogen and oxygen atoms in total. The van der Waals surface area contributed by atoms with Gasteiger partial charge in [0.2, 0.25) is 0 Å². The minimum atomic E-state index is -0.625. The van der Waals surface area contributed by atoms with E-state index in [0.717, 1.165) is 17.6 Å². The van der Waals surface area contributed by atoms with Crippen molar-refractivity contribution < 1.29 is 14.3 Å². The van der Waals surface area contributed by atoms with Crippen molar-refractivity contribution in [3.8, 4) is 0 Å². The van der Waals surface area contributed by atoms with Crippen LogP contribution in [0.4, 0.5) is 0 Å². The van der Waals surface area contributed by atoms with Crippen molar-refractivity contribution in [2.75, 3.05) is 12.9 Å². The highest BCUT2D eigenvalue weighted by atomic mass is 32.2. The number of aldehydes is 1. The van der Waals surface area contributed by atoms with E-state index in [1.807, 2.05) is 24.4 Å². The van der Waals surface area contributed by atoms with Gasteiger partial charge in [0.1, 0.15) is 4.75 Å². The Morgan fingerprint density at radius 2 is 2.39 bits per heavy atom. The van der Waals surface area contributed by atoms with E-state index < -0.39 is 4.75 Å². The molecular weight excluding hydrogens is 268 g/mol. The van der Waals surface area contributed by atoms with Crippen LogP contribution in [-0.4, -0.2) is 29.9 Å². The Kier molecular flexibility index (Phi) is 3.92. The summed E-state index contributed by atoms with van der Waals surface area (Å²) in [4.78, 5) is 23.4. The summed E-state index contributed by atoms with van der Waals surface area (Å²) in [6, 6.07) is 1.84. The van der Waals surface area contributed by atoms with Crippen molar-refractivity contribution in [1.29, 1.82) is 0 Å². The van der Waals surface area contributed by atoms with Gasteiger partial charge < -0.3 is 4.74 Å². The van der Waals surface area contributed by atoms with E-state index in [-0.39, 0.29) is 5.97 Å². The van der Waals surface area contributed by atoms with Crippen LogP contribution in [0.2, 0.25) is 0 Å². The van der Waals surface area contributed by atoms with E-state index in [2.05, 4.69) is 0 Å². The summed E-state index contributed by atoms with van der Waals surface area (Å²) in [5, 5.41) is 1.93. The second-order valence-corrected chi connectivity index (χ2v) is 6.56. The van der Waals surface area contributed by atoms with Crippen LogP contribution in [0.3, 0.4) is 0 Å². The number of esters is 1. The molecule has 1 aromatic heterocycles. The first-order chi connectivity index (χ1) is 8.59. The van der Waals surface area contributed by atoms with Gasteiger partial charge in [-0.05, 0) is 23.9 Å². The molecule has 18 heavy (non-hydrogen) atoms. The Morgan fingerprint density at radius 1 is 1.61 bits per heavy atom. The van der Waals surface area contributed by atoms with Crippen LogP contribution < -0.4 is 0 Å². The number of carbonyl (C=O) groups is 2. The van der Waals surface area contributed by atoms with Gasteiger partial charge >= 0.3 is 5.97 Å². The van der Waals surface area contributed by atoms with Crippen LogP contribution in [0.1, 0.15) is 22.2 Å². The number of hydrogen-bond acceptors (Lipinski definition) is 5. The fraction of sp³-hybridized carbons (Fsp3) is 0.385. The number of thiophene rings is 1. The van der Waals surface area contributed by atoms with Gasteiger partial charge in [-0.15, -0.1) is 23.1 Å². The second kappa shape index (κ2) is 5.28. The molecule has 0 N–H and O–H groups in total. The third-order valence-corrected chi connectivity index (χ3v) is 5.28. The molecule has 0 aliphatic carbocycles. The fourth-order valence-electron chi connectivity index (χ4n) is 2.04. The van der Waals surface area contributed by atoms with Crippen molar-refractivity contribution in [1.82, 2.24) is 0 Å². The SMILES string of the molecule is COC(=O)C1(Cc2csc(C=O)c2)C=C(C)CS1. The predicted octanol–water partition coefficient (Wildman–Crippen LogP) is 2.71. The largest absolute Gasteiger partial charge is 0.468 e. The van der Waals surface area contributed by atoms with Gasteiger partial charge in [0.25, 0.3) is 0 Å². The van der Waals surface area contributed by atoms with Crippen LogP contribution in [0.5, 0.6) is 0 Å². The number of rotatable bonds is 4. The maximum atomic E-state index is 12.0. The number of thioether (sulfide) groups is 1. The van der Waals surface area contributed by atoms with Gasteiger partial charge in [-0.2, -0.15) is 0 Å². The summed E-state index contributed by atoms with van der Waals surface area (Å²) in [6.07, 6.45) is 3.40. The van der Waals surface area contributed by atoms with E-state index in [0.29, 0.717) is 11.3 Å². The number of carbonyl (C=O) groups excluding carboxylic acids is 2. The Hall–Kier alpha value is -1.07. The van der Waals surface area contributed by atoms with Crippen LogP contribution in [-0.2, 0) is 16.0 Å². The predicted molar refractivity (Wildman–Crippen MR) is 74.4 cm³/mol. The van der Waals surface area contributed by atoms with Gasteiger partial charge in [-0.1, -0.05) is 11.6 Å². The lowest BCUT2D eigenvalue weighted by Crippen LogP contribution is -2.35. The Balaban J connectivity index is 2.26. The van der Waals surface area contributed by atoms with Crippen LogP contribution in [0, 0.1) is 0 Å². The molecule has 1 aliphatic rings. The average Bonchev–Trinajstić information content (AvgIpc) is 2.96. The fourth-order valence-corrected chi connectivity index (χ4v) is 4.08. The molecule has 1 unspecified atom stereocenters. The van der Waals surface area contributed by atoms with Crippen molar-refractivity contribution in [3.63, 3.8) is 0 Å². The Bertz CT molecular complexity index is 504. The normalized spacial score (nSPS) is 22.7. The maximum Gasteiger partial charge on any atom is 0.326 e. The van der Waals surface area contributed by atoms with E-state index in [1.165, 1.54) is 24.0 Å². The molecule has 5 heteroatoms. The molecule has 0 fully saturated rings. The smallest absolute Gasteiger partial charge is 0.326 e. The summed E-state index contributed by atoms with van der Waals surface area (Å²) >= 11 is 2.99. The van der Waals surface area contributed by atoms with Gasteiger partial charge in [0.15, 0.2) is 6.29 Å². The zero-order valence-corrected chi connectivity index (χ0v) is 11.9. The lowest BCUT2D eigenvalue weighted by Gasteiger charge is -2.22. The zero-order valence-electron chi connectivity index (χ0n) is 10.3. The van der Waals surface area contributed by atoms with Gasteiger partial charge in [0.05, 0.1) is 12.0 Å². The maximum absolute atomic E-state index is 12.0. The second-order valence-electron chi connectivity index (χ2n) is 4.31. The van der Waals surface area contributed by atoms with Crippen molar-refractivity contribution in [2.24, 2.45) is 0 Å². The molecule has 0 bridgehead atoms. The van der Waals surface area contributed by atoms with E-state index in [1.54, 1.807) is 11.8 Å². The minimum absolute atomic E-state index is 0.219. The van der Waals surface area contributed by atoms with Gasteiger partial charge in [-0.3, -0.25) is 9.59 Å². The molecule has 0 spiro atoms. The van der Waals surface area contributed by atoms with Crippen molar-refractivity contribution in [2.45, 2.75) is 18.1 Å². The number of methoxy groups -OCH3 is 1. The van der Waals surface area contributed by atoms with Crippen molar-refractivity contribution in [3.05, 3.63) is 33.5 Å². The molecule has 2 rings (SSSR count). The Morgan fingerprint density at radius 3 is 2.89 bits per heavy atom. The number of hydrogen-bond donors (Lipinski definition) is 0. The summed E-state index contributed by atoms with van der Waals surface area (Å²) in [5.41, 5.74) is 2.20. The lowest BCUT2D eigenvalue weighted by atomic mass is 9.98. The van der Waals surface area contributed by atoms with Gasteiger partial charge in [0, 0.05) is 12.2 Å². The molecule has 1 aliphatic heterocycles. The first kappa shape index (κ1) is 13.4. The van der Waals surface area contributed by atoms with Crippen LogP contribution in [0.15, 0.2) is 23.1 Å². The molecule has 0 radical (unpaired) electrons. The highest BCUT2D eigenvalue weighted by Crippen LogP contribution is 2.40. The van der Waals surface area contributed by atoms with Crippen LogP contribution in [0.25, 0.3) is 0 Å². The summed E-state index contributed by atoms with van der Waals surface area (Å²) < 4.78 is 4.30. The van der Waals surface area contributed by atoms with E-state index in [9.17, 15) is 9.59 Å². The lowest BCUT2D eigenvalue weighted by molar-refractivity contribution is -0.142. The molecule has 0 amide bonds. The number of ether oxygens (including phenoxy) is 1. The quantitative estimate of drug-likeness (QED) is 0.484. The summed E-state index contributed by atoms with van der Waals surface area (Å²) in [5.74, 6) is 0.628. The minimum Gasteiger partial charge on any atom is -0.468 e. The monoisotopic (exact) mass is 282 g/mol. The summed E-state index contributed by atoms with van der Waals surface area (Å²) in [7, 11) is 1.41. The molecule has 1 atom stereocenters.